The third kappa shape index (κ3) is 2.02. The summed E-state index contributed by atoms with van der Waals surface area (Å²) in [5.41, 5.74) is 8.34. The van der Waals surface area contributed by atoms with Crippen LogP contribution in [0.4, 0.5) is 0 Å². The maximum atomic E-state index is 8.34. The van der Waals surface area contributed by atoms with E-state index in [1.54, 1.807) is 4.90 Å². The molecule has 78 valence electrons. The van der Waals surface area contributed by atoms with Gasteiger partial charge in [0.1, 0.15) is 0 Å². The Morgan fingerprint density at radius 2 is 2.07 bits per heavy atom. The quantitative estimate of drug-likeness (QED) is 0.390. The lowest BCUT2D eigenvalue weighted by Gasteiger charge is -2.40. The van der Waals surface area contributed by atoms with Crippen molar-refractivity contribution in [3.05, 3.63) is 10.4 Å². The fraction of sp³-hybridized carbons (Fsp3) is 1.00. The van der Waals surface area contributed by atoms with E-state index < -0.39 is 0 Å². The number of hydrogen-bond donors (Lipinski definition) is 1. The monoisotopic (exact) mass is 195 g/mol. The molecule has 3 atom stereocenters. The highest BCUT2D eigenvalue weighted by Gasteiger charge is 2.35. The molecule has 0 aliphatic carbocycles. The minimum Gasteiger partial charge on any atom is -0.332 e. The van der Waals surface area contributed by atoms with Crippen LogP contribution >= 0.6 is 0 Å². The molecule has 1 unspecified atom stereocenters. The Kier molecular flexibility index (Phi) is 3.27. The van der Waals surface area contributed by atoms with E-state index in [0.29, 0.717) is 5.92 Å². The molecule has 2 rings (SSSR count). The van der Waals surface area contributed by atoms with E-state index in [0.717, 1.165) is 12.6 Å². The van der Waals surface area contributed by atoms with E-state index in [1.807, 2.05) is 0 Å². The van der Waals surface area contributed by atoms with Crippen LogP contribution in [-0.4, -0.2) is 25.7 Å². The number of nitrogens with one attached hydrogen (secondary N) is 1. The van der Waals surface area contributed by atoms with Gasteiger partial charge in [0, 0.05) is 17.4 Å². The van der Waals surface area contributed by atoms with Crippen LogP contribution in [0.5, 0.6) is 0 Å². The molecule has 2 fully saturated rings. The molecule has 0 spiro atoms. The molecule has 0 saturated carbocycles. The van der Waals surface area contributed by atoms with Crippen molar-refractivity contribution in [2.45, 2.75) is 38.1 Å². The van der Waals surface area contributed by atoms with E-state index in [4.69, 9.17) is 5.53 Å². The van der Waals surface area contributed by atoms with Gasteiger partial charge in [-0.3, -0.25) is 0 Å². The van der Waals surface area contributed by atoms with Crippen molar-refractivity contribution < 1.29 is 4.90 Å². The van der Waals surface area contributed by atoms with Gasteiger partial charge in [0.15, 0.2) is 0 Å². The number of hydrogen-bond acceptors (Lipinski definition) is 1. The first-order valence-electron chi connectivity index (χ1n) is 5.77. The van der Waals surface area contributed by atoms with Crippen LogP contribution in [0.3, 0.4) is 0 Å². The van der Waals surface area contributed by atoms with Crippen molar-refractivity contribution in [1.82, 2.24) is 0 Å². The van der Waals surface area contributed by atoms with Crippen molar-refractivity contribution >= 4 is 0 Å². The maximum absolute atomic E-state index is 8.34. The summed E-state index contributed by atoms with van der Waals surface area (Å²) in [5.74, 6) is 0.662. The van der Waals surface area contributed by atoms with Gasteiger partial charge < -0.3 is 4.90 Å². The first-order chi connectivity index (χ1) is 6.92. The Balaban J connectivity index is 1.97. The van der Waals surface area contributed by atoms with Crippen LogP contribution in [0, 0.1) is 5.92 Å². The summed E-state index contributed by atoms with van der Waals surface area (Å²) in [7, 11) is 0. The molecule has 2 saturated heterocycles. The highest BCUT2D eigenvalue weighted by molar-refractivity contribution is 4.77. The van der Waals surface area contributed by atoms with Gasteiger partial charge in [-0.2, -0.15) is 0 Å². The van der Waals surface area contributed by atoms with Crippen LogP contribution in [-0.2, 0) is 0 Å². The average molecular weight is 195 g/mol. The molecular formula is C10H19N4+. The predicted octanol–water partition coefficient (Wildman–Crippen LogP) is 1.14. The number of piperidine rings is 2. The third-order valence-electron chi connectivity index (χ3n) is 3.81. The zero-order valence-electron chi connectivity index (χ0n) is 8.65. The van der Waals surface area contributed by atoms with Gasteiger partial charge in [0.05, 0.1) is 19.1 Å². The molecule has 0 amide bonds. The van der Waals surface area contributed by atoms with Gasteiger partial charge in [-0.25, -0.2) is 0 Å². The molecule has 14 heavy (non-hydrogen) atoms. The number of azide groups is 1. The molecule has 2 aliphatic rings. The smallest absolute Gasteiger partial charge is 0.0904 e. The molecule has 0 aromatic heterocycles. The standard InChI is InChI=1S/C10H18N4/c11-13-12-8-9-4-3-7-14-6-2-1-5-10(9)14/h9-10H,1-8H2/p+1/t9-,10+/m1/s1. The minimum atomic E-state index is 0.662. The Bertz CT molecular complexity index is 232. The van der Waals surface area contributed by atoms with Gasteiger partial charge in [-0.1, -0.05) is 5.11 Å². The average Bonchev–Trinajstić information content (AvgIpc) is 2.26. The van der Waals surface area contributed by atoms with Gasteiger partial charge in [0.2, 0.25) is 0 Å². The van der Waals surface area contributed by atoms with E-state index in [2.05, 4.69) is 10.0 Å². The fourth-order valence-corrected chi connectivity index (χ4v) is 3.14. The van der Waals surface area contributed by atoms with Gasteiger partial charge in [-0.05, 0) is 37.6 Å². The van der Waals surface area contributed by atoms with Crippen LogP contribution in [0.1, 0.15) is 32.1 Å². The summed E-state index contributed by atoms with van der Waals surface area (Å²) in [5, 5.41) is 3.75. The lowest BCUT2D eigenvalue weighted by molar-refractivity contribution is -0.939. The van der Waals surface area contributed by atoms with Crippen LogP contribution < -0.4 is 4.90 Å². The van der Waals surface area contributed by atoms with Crippen LogP contribution in [0.25, 0.3) is 10.4 Å². The second kappa shape index (κ2) is 4.67. The number of quaternary nitrogens is 1. The maximum Gasteiger partial charge on any atom is 0.0904 e. The van der Waals surface area contributed by atoms with Gasteiger partial charge in [0.25, 0.3) is 0 Å². The van der Waals surface area contributed by atoms with E-state index in [1.165, 1.54) is 45.2 Å². The molecule has 2 heterocycles. The summed E-state index contributed by atoms with van der Waals surface area (Å²) >= 11 is 0. The summed E-state index contributed by atoms with van der Waals surface area (Å²) in [6.45, 7) is 3.42. The van der Waals surface area contributed by atoms with Gasteiger partial charge in [-0.15, -0.1) is 0 Å². The molecule has 1 N–H and O–H groups in total. The molecular weight excluding hydrogens is 176 g/mol. The Morgan fingerprint density at radius 1 is 1.21 bits per heavy atom. The van der Waals surface area contributed by atoms with Crippen LogP contribution in [0.15, 0.2) is 5.11 Å². The van der Waals surface area contributed by atoms with Gasteiger partial charge >= 0.3 is 0 Å². The highest BCUT2D eigenvalue weighted by atomic mass is 15.2. The Morgan fingerprint density at radius 3 is 2.93 bits per heavy atom. The molecule has 0 aromatic carbocycles. The SMILES string of the molecule is [N-]=[N+]=NC[C@H]1CCC[NH+]2CCCC[C@@H]12. The largest absolute Gasteiger partial charge is 0.332 e. The topological polar surface area (TPSA) is 53.2 Å². The summed E-state index contributed by atoms with van der Waals surface area (Å²) in [6, 6.07) is 0.794. The predicted molar refractivity (Wildman–Crippen MR) is 55.1 cm³/mol. The molecule has 4 heteroatoms. The van der Waals surface area contributed by atoms with E-state index in [-0.39, 0.29) is 0 Å². The fourth-order valence-electron chi connectivity index (χ4n) is 3.14. The highest BCUT2D eigenvalue weighted by Crippen LogP contribution is 2.20. The third-order valence-corrected chi connectivity index (χ3v) is 3.81. The first kappa shape index (κ1) is 9.81. The van der Waals surface area contributed by atoms with Crippen molar-refractivity contribution in [1.29, 1.82) is 0 Å². The first-order valence-corrected chi connectivity index (χ1v) is 5.77. The minimum absolute atomic E-state index is 0.662. The van der Waals surface area contributed by atoms with Crippen molar-refractivity contribution in [2.24, 2.45) is 11.0 Å². The van der Waals surface area contributed by atoms with E-state index >= 15 is 0 Å². The lowest BCUT2D eigenvalue weighted by atomic mass is 9.84. The second-order valence-corrected chi connectivity index (χ2v) is 4.58. The lowest BCUT2D eigenvalue weighted by Crippen LogP contribution is -3.18. The van der Waals surface area contributed by atoms with Crippen molar-refractivity contribution in [2.75, 3.05) is 19.6 Å². The molecule has 0 bridgehead atoms. The normalized spacial score (nSPS) is 37.0. The number of fused-ring (bicyclic) bond motifs is 1. The summed E-state index contributed by atoms with van der Waals surface area (Å²) in [4.78, 5) is 4.66. The number of rotatable bonds is 2. The Labute approximate surface area is 84.9 Å². The summed E-state index contributed by atoms with van der Waals surface area (Å²) < 4.78 is 0. The van der Waals surface area contributed by atoms with Crippen LogP contribution in [0.2, 0.25) is 0 Å². The van der Waals surface area contributed by atoms with E-state index in [9.17, 15) is 0 Å². The zero-order valence-corrected chi connectivity index (χ0v) is 8.65. The molecule has 0 aromatic rings. The molecule has 0 radical (unpaired) electrons. The Hall–Kier alpha value is -0.730. The van der Waals surface area contributed by atoms with Crippen molar-refractivity contribution in [3.63, 3.8) is 0 Å². The zero-order chi connectivity index (χ0) is 9.80. The summed E-state index contributed by atoms with van der Waals surface area (Å²) in [6.07, 6.45) is 6.70. The molecule has 4 nitrogen and oxygen atoms in total. The molecule has 2 aliphatic heterocycles. The van der Waals surface area contributed by atoms with Crippen molar-refractivity contribution in [3.8, 4) is 0 Å². The number of nitrogens with zero attached hydrogens (tertiary/aromatic N) is 3. The second-order valence-electron chi connectivity index (χ2n) is 4.58.